The molecule has 0 amide bonds. The molecule has 2 aliphatic heterocycles. The average Bonchev–Trinajstić information content (AvgIpc) is 3.28. The zero-order valence-electron chi connectivity index (χ0n) is 18.9. The zero-order chi connectivity index (χ0) is 22.7. The molecule has 0 radical (unpaired) electrons. The van der Waals surface area contributed by atoms with Gasteiger partial charge in [-0.1, -0.05) is 44.2 Å². The van der Waals surface area contributed by atoms with Crippen LogP contribution in [0.15, 0.2) is 30.3 Å². The van der Waals surface area contributed by atoms with E-state index in [1.807, 2.05) is 22.9 Å². The molecule has 0 aliphatic carbocycles. The number of rotatable bonds is 8. The van der Waals surface area contributed by atoms with Gasteiger partial charge < -0.3 is 9.64 Å². The van der Waals surface area contributed by atoms with Crippen LogP contribution in [-0.2, 0) is 27.8 Å². The number of aromatic nitrogens is 3. The number of hydrogen-bond donors (Lipinski definition) is 0. The van der Waals surface area contributed by atoms with Gasteiger partial charge in [-0.2, -0.15) is 0 Å². The van der Waals surface area contributed by atoms with Gasteiger partial charge in [-0.3, -0.25) is 9.47 Å². The fourth-order valence-corrected chi connectivity index (χ4v) is 6.46. The third kappa shape index (κ3) is 5.59. The summed E-state index contributed by atoms with van der Waals surface area (Å²) in [6, 6.07) is 10.3. The van der Waals surface area contributed by atoms with Crippen LogP contribution in [0.1, 0.15) is 25.8 Å². The maximum Gasteiger partial charge on any atom is 0.226 e. The fourth-order valence-electron chi connectivity index (χ4n) is 4.45. The van der Waals surface area contributed by atoms with E-state index in [0.29, 0.717) is 43.5 Å². The third-order valence-corrected chi connectivity index (χ3v) is 8.20. The summed E-state index contributed by atoms with van der Waals surface area (Å²) >= 11 is 5.89. The zero-order valence-corrected chi connectivity index (χ0v) is 20.5. The molecule has 1 aromatic carbocycles. The molecule has 0 spiro atoms. The highest BCUT2D eigenvalue weighted by molar-refractivity contribution is 7.91. The largest absolute Gasteiger partial charge is 0.378 e. The van der Waals surface area contributed by atoms with Crippen molar-refractivity contribution in [2.24, 2.45) is 5.92 Å². The minimum Gasteiger partial charge on any atom is -0.378 e. The number of ether oxygens (including phenoxy) is 1. The highest BCUT2D eigenvalue weighted by Gasteiger charge is 2.33. The van der Waals surface area contributed by atoms with E-state index < -0.39 is 9.84 Å². The molecule has 2 aromatic rings. The van der Waals surface area contributed by atoms with Gasteiger partial charge in [-0.25, -0.2) is 13.1 Å². The molecule has 32 heavy (non-hydrogen) atoms. The summed E-state index contributed by atoms with van der Waals surface area (Å²) in [6.07, 6.45) is 0.670. The maximum absolute atomic E-state index is 12.1. The molecule has 0 N–H and O–H groups in total. The third-order valence-electron chi connectivity index (χ3n) is 6.02. The van der Waals surface area contributed by atoms with Crippen molar-refractivity contribution in [3.8, 4) is 0 Å². The van der Waals surface area contributed by atoms with Gasteiger partial charge in [0.15, 0.2) is 9.84 Å². The first-order valence-corrected chi connectivity index (χ1v) is 13.5. The maximum atomic E-state index is 12.1. The first-order chi connectivity index (χ1) is 15.3. The predicted octanol–water partition coefficient (Wildman–Crippen LogP) is 2.40. The molecule has 2 fully saturated rings. The molecule has 2 saturated heterocycles. The van der Waals surface area contributed by atoms with Crippen molar-refractivity contribution >= 4 is 28.0 Å². The number of anilines is 1. The molecular formula is C22H33N5O3S2. The molecule has 8 nitrogen and oxygen atoms in total. The summed E-state index contributed by atoms with van der Waals surface area (Å²) in [6.45, 7) is 9.15. The van der Waals surface area contributed by atoms with E-state index in [9.17, 15) is 8.42 Å². The Kier molecular flexibility index (Phi) is 7.34. The van der Waals surface area contributed by atoms with Gasteiger partial charge in [-0.15, -0.1) is 5.10 Å². The lowest BCUT2D eigenvalue weighted by molar-refractivity contribution is 0.121. The Morgan fingerprint density at radius 1 is 1.22 bits per heavy atom. The summed E-state index contributed by atoms with van der Waals surface area (Å²) in [5.41, 5.74) is 1.17. The van der Waals surface area contributed by atoms with Crippen molar-refractivity contribution < 1.29 is 13.2 Å². The number of nitrogens with zero attached hydrogens (tertiary/aromatic N) is 5. The highest BCUT2D eigenvalue weighted by Crippen LogP contribution is 2.22. The van der Waals surface area contributed by atoms with E-state index >= 15 is 0 Å². The van der Waals surface area contributed by atoms with Crippen LogP contribution >= 0.6 is 12.2 Å². The summed E-state index contributed by atoms with van der Waals surface area (Å²) in [5, 5.41) is 4.94. The van der Waals surface area contributed by atoms with Crippen molar-refractivity contribution in [3.05, 3.63) is 40.7 Å². The minimum atomic E-state index is -2.96. The molecule has 1 unspecified atom stereocenters. The average molecular weight is 480 g/mol. The number of benzene rings is 1. The molecule has 176 valence electrons. The Morgan fingerprint density at radius 2 is 1.94 bits per heavy atom. The van der Waals surface area contributed by atoms with Crippen LogP contribution in [0.2, 0.25) is 0 Å². The Balaban J connectivity index is 1.65. The van der Waals surface area contributed by atoms with Crippen molar-refractivity contribution in [3.63, 3.8) is 0 Å². The molecule has 1 atom stereocenters. The van der Waals surface area contributed by atoms with Crippen LogP contribution in [0.4, 0.5) is 5.95 Å². The summed E-state index contributed by atoms with van der Waals surface area (Å²) in [5.74, 6) is 1.75. The Hall–Kier alpha value is -1.75. The van der Waals surface area contributed by atoms with Crippen molar-refractivity contribution in [2.45, 2.75) is 39.5 Å². The van der Waals surface area contributed by atoms with Crippen molar-refractivity contribution in [2.75, 3.05) is 49.3 Å². The summed E-state index contributed by atoms with van der Waals surface area (Å²) < 4.78 is 34.4. The van der Waals surface area contributed by atoms with Gasteiger partial charge in [0.1, 0.15) is 0 Å². The topological polar surface area (TPSA) is 72.6 Å². The van der Waals surface area contributed by atoms with E-state index in [4.69, 9.17) is 22.1 Å². The van der Waals surface area contributed by atoms with Crippen LogP contribution in [0, 0.1) is 10.7 Å². The van der Waals surface area contributed by atoms with E-state index in [1.165, 1.54) is 5.56 Å². The predicted molar refractivity (Wildman–Crippen MR) is 128 cm³/mol. The molecule has 0 bridgehead atoms. The first-order valence-electron chi connectivity index (χ1n) is 11.3. The van der Waals surface area contributed by atoms with Crippen LogP contribution in [-0.4, -0.2) is 78.1 Å². The summed E-state index contributed by atoms with van der Waals surface area (Å²) in [7, 11) is -2.96. The smallest absolute Gasteiger partial charge is 0.226 e. The minimum absolute atomic E-state index is 0.00964. The Labute approximate surface area is 195 Å². The molecule has 10 heteroatoms. The van der Waals surface area contributed by atoms with E-state index in [-0.39, 0.29) is 17.5 Å². The van der Waals surface area contributed by atoms with Crippen molar-refractivity contribution in [1.29, 1.82) is 0 Å². The number of morpholine rings is 1. The number of sulfone groups is 1. The highest BCUT2D eigenvalue weighted by atomic mass is 32.2. The van der Waals surface area contributed by atoms with Crippen LogP contribution in [0.3, 0.4) is 0 Å². The quantitative estimate of drug-likeness (QED) is 0.539. The van der Waals surface area contributed by atoms with Gasteiger partial charge in [-0.05, 0) is 30.1 Å². The lowest BCUT2D eigenvalue weighted by atomic mass is 10.1. The lowest BCUT2D eigenvalue weighted by Crippen LogP contribution is -2.40. The van der Waals surface area contributed by atoms with E-state index in [0.717, 1.165) is 25.6 Å². The summed E-state index contributed by atoms with van der Waals surface area (Å²) in [4.78, 5) is 4.47. The van der Waals surface area contributed by atoms with Gasteiger partial charge in [0.05, 0.1) is 37.9 Å². The van der Waals surface area contributed by atoms with Crippen molar-refractivity contribution in [1.82, 2.24) is 19.2 Å². The van der Waals surface area contributed by atoms with E-state index in [2.05, 4.69) is 40.3 Å². The lowest BCUT2D eigenvalue weighted by Gasteiger charge is -2.29. The Morgan fingerprint density at radius 3 is 2.56 bits per heavy atom. The molecule has 3 heterocycles. The van der Waals surface area contributed by atoms with Crippen LogP contribution in [0.25, 0.3) is 0 Å². The normalized spacial score (nSPS) is 21.0. The first kappa shape index (κ1) is 23.4. The van der Waals surface area contributed by atoms with Crippen LogP contribution in [0.5, 0.6) is 0 Å². The second kappa shape index (κ2) is 10.0. The molecular weight excluding hydrogens is 446 g/mol. The second-order valence-corrected chi connectivity index (χ2v) is 11.7. The molecule has 0 saturated carbocycles. The van der Waals surface area contributed by atoms with Gasteiger partial charge in [0.2, 0.25) is 10.7 Å². The molecule has 4 rings (SSSR count). The molecule has 2 aliphatic rings. The SMILES string of the molecule is CC(C)CN(Cn1nc(N2CCOCC2)n(Cc2ccccc2)c1=S)C1CCS(=O)(=O)C1. The monoisotopic (exact) mass is 479 g/mol. The van der Waals surface area contributed by atoms with Crippen LogP contribution < -0.4 is 4.90 Å². The Bertz CT molecular complexity index is 1060. The molecule has 1 aromatic heterocycles. The van der Waals surface area contributed by atoms with E-state index in [1.54, 1.807) is 0 Å². The van der Waals surface area contributed by atoms with Gasteiger partial charge >= 0.3 is 0 Å². The van der Waals surface area contributed by atoms with Gasteiger partial charge in [0, 0.05) is 25.7 Å². The fraction of sp³-hybridized carbons (Fsp3) is 0.636. The number of hydrogen-bond acceptors (Lipinski definition) is 7. The van der Waals surface area contributed by atoms with Gasteiger partial charge in [0.25, 0.3) is 0 Å². The standard InChI is InChI=1S/C22H33N5O3S2/c1-18(2)14-25(20-8-13-32(28,29)16-20)17-27-22(31)26(15-19-6-4-3-5-7-19)21(23-27)24-9-11-30-12-10-24/h3-7,18,20H,8-17H2,1-2H3. The second-order valence-electron chi connectivity index (χ2n) is 9.12.